The van der Waals surface area contributed by atoms with Crippen molar-refractivity contribution in [3.8, 4) is 5.75 Å². The van der Waals surface area contributed by atoms with Crippen molar-refractivity contribution in [2.45, 2.75) is 43.0 Å². The third-order valence-electron chi connectivity index (χ3n) is 3.72. The van der Waals surface area contributed by atoms with Crippen LogP contribution in [-0.4, -0.2) is 23.0 Å². The molecule has 0 saturated carbocycles. The average Bonchev–Trinajstić information content (AvgIpc) is 2.90. The first-order chi connectivity index (χ1) is 12.2. The number of nitrogens with one attached hydrogen (secondary N) is 2. The van der Waals surface area contributed by atoms with E-state index in [4.69, 9.17) is 15.6 Å². The molecule has 0 bridgehead atoms. The summed E-state index contributed by atoms with van der Waals surface area (Å²) in [7, 11) is 1.64. The smallest absolute Gasteiger partial charge is 0.163 e. The van der Waals surface area contributed by atoms with E-state index in [9.17, 15) is 0 Å². The second-order valence-electron chi connectivity index (χ2n) is 5.17. The van der Waals surface area contributed by atoms with E-state index in [1.807, 2.05) is 44.2 Å². The molecule has 0 saturated heterocycles. The molecule has 0 unspecified atom stereocenters. The topological polar surface area (TPSA) is 74.8 Å². The lowest BCUT2D eigenvalue weighted by molar-refractivity contribution is 0.414. The van der Waals surface area contributed by atoms with Crippen molar-refractivity contribution in [1.29, 1.82) is 10.8 Å². The van der Waals surface area contributed by atoms with Crippen molar-refractivity contribution in [3.63, 3.8) is 0 Å². The number of fused-ring (bicyclic) bond motifs is 1. The number of nitrogens with zero attached hydrogens (tertiary/aromatic N) is 2. The highest BCUT2D eigenvalue weighted by Gasteiger charge is 2.14. The summed E-state index contributed by atoms with van der Waals surface area (Å²) in [5.74, 6) is 0.799. The third kappa shape index (κ3) is 4.39. The second-order valence-corrected chi connectivity index (χ2v) is 6.23. The van der Waals surface area contributed by atoms with Crippen LogP contribution in [0.5, 0.6) is 5.75 Å². The molecule has 1 aromatic carbocycles. The van der Waals surface area contributed by atoms with Gasteiger partial charge in [0.2, 0.25) is 0 Å². The lowest BCUT2D eigenvalue weighted by Gasteiger charge is -2.13. The fourth-order valence-electron chi connectivity index (χ4n) is 2.52. The molecule has 2 N–H and O–H groups in total. The Hall–Kier alpha value is -2.34. The summed E-state index contributed by atoms with van der Waals surface area (Å²) in [6, 6.07) is 7.67. The first-order valence-corrected chi connectivity index (χ1v) is 9.23. The summed E-state index contributed by atoms with van der Waals surface area (Å²) in [4.78, 5) is 5.64. The maximum atomic E-state index is 8.37. The zero-order valence-corrected chi connectivity index (χ0v) is 15.7. The maximum absolute atomic E-state index is 8.37. The molecule has 0 atom stereocenters. The Balaban J connectivity index is 0.00000109. The molecule has 0 amide bonds. The number of ether oxygens (including phenoxy) is 1. The Morgan fingerprint density at radius 3 is 2.60 bits per heavy atom. The molecule has 1 aromatic heterocycles. The van der Waals surface area contributed by atoms with Crippen molar-refractivity contribution in [2.24, 2.45) is 0 Å². The standard InChI is InChI=1S/C17H18N4OS.C2H6/c1-22-12-7-9-13(10-8-12)23-17-16(19)21(11-18)15-6-4-2-3-5-14(15)20-17;1-2/h3,5,7-11,18-19H,2,4,6H2,1H3;1-2H3. The Bertz CT molecular complexity index is 809. The van der Waals surface area contributed by atoms with Crippen LogP contribution in [0.4, 0.5) is 0 Å². The molecule has 1 aliphatic rings. The molecule has 0 radical (unpaired) electrons. The highest BCUT2D eigenvalue weighted by Crippen LogP contribution is 2.27. The summed E-state index contributed by atoms with van der Waals surface area (Å²) in [6.07, 6.45) is 8.18. The van der Waals surface area contributed by atoms with Gasteiger partial charge < -0.3 is 4.74 Å². The summed E-state index contributed by atoms with van der Waals surface area (Å²) >= 11 is 1.43. The minimum atomic E-state index is 0.259. The van der Waals surface area contributed by atoms with Gasteiger partial charge in [-0.05, 0) is 49.6 Å². The SMILES string of the molecule is CC.COc1ccc(Sc2nc3c(n(C=N)c2=N)CCCC=C3)cc1. The highest BCUT2D eigenvalue weighted by molar-refractivity contribution is 7.99. The Morgan fingerprint density at radius 2 is 1.96 bits per heavy atom. The molecule has 1 aliphatic carbocycles. The molecule has 132 valence electrons. The van der Waals surface area contributed by atoms with Crippen LogP contribution in [0.15, 0.2) is 40.3 Å². The number of benzene rings is 1. The van der Waals surface area contributed by atoms with Gasteiger partial charge >= 0.3 is 0 Å². The fraction of sp³-hybridized carbons (Fsp3) is 0.316. The average molecular weight is 356 g/mol. The van der Waals surface area contributed by atoms with Gasteiger partial charge in [0.15, 0.2) is 5.49 Å². The van der Waals surface area contributed by atoms with Gasteiger partial charge in [-0.25, -0.2) is 4.98 Å². The Kier molecular flexibility index (Phi) is 7.01. The summed E-state index contributed by atoms with van der Waals surface area (Å²) in [6.45, 7) is 4.00. The van der Waals surface area contributed by atoms with Crippen molar-refractivity contribution < 1.29 is 4.74 Å². The highest BCUT2D eigenvalue weighted by atomic mass is 32.2. The molecule has 0 spiro atoms. The first-order valence-electron chi connectivity index (χ1n) is 8.42. The molecule has 0 fully saturated rings. The minimum Gasteiger partial charge on any atom is -0.497 e. The van der Waals surface area contributed by atoms with E-state index in [1.54, 1.807) is 11.7 Å². The first kappa shape index (κ1) is 19.0. The van der Waals surface area contributed by atoms with Crippen molar-refractivity contribution in [2.75, 3.05) is 7.11 Å². The van der Waals surface area contributed by atoms with Gasteiger partial charge in [-0.1, -0.05) is 31.7 Å². The van der Waals surface area contributed by atoms with Crippen LogP contribution in [0, 0.1) is 10.8 Å². The van der Waals surface area contributed by atoms with Crippen LogP contribution in [0.1, 0.15) is 38.1 Å². The number of aromatic nitrogens is 2. The van der Waals surface area contributed by atoms with Gasteiger partial charge in [-0.2, -0.15) is 0 Å². The minimum absolute atomic E-state index is 0.259. The maximum Gasteiger partial charge on any atom is 0.163 e. The van der Waals surface area contributed by atoms with Crippen LogP contribution in [0.25, 0.3) is 6.08 Å². The Labute approximate surface area is 152 Å². The van der Waals surface area contributed by atoms with Crippen LogP contribution in [0.3, 0.4) is 0 Å². The quantitative estimate of drug-likeness (QED) is 0.631. The molecule has 25 heavy (non-hydrogen) atoms. The third-order valence-corrected chi connectivity index (χ3v) is 4.70. The van der Waals surface area contributed by atoms with E-state index in [1.165, 1.54) is 18.1 Å². The van der Waals surface area contributed by atoms with Gasteiger partial charge in [0.1, 0.15) is 10.8 Å². The van der Waals surface area contributed by atoms with Crippen molar-refractivity contribution in [3.05, 3.63) is 47.2 Å². The zero-order valence-electron chi connectivity index (χ0n) is 14.9. The summed E-state index contributed by atoms with van der Waals surface area (Å²) in [5.41, 5.74) is 2.06. The molecule has 2 aromatic rings. The van der Waals surface area contributed by atoms with Crippen LogP contribution < -0.4 is 10.2 Å². The normalized spacial score (nSPS) is 12.4. The van der Waals surface area contributed by atoms with E-state index in [0.29, 0.717) is 5.03 Å². The lowest BCUT2D eigenvalue weighted by atomic mass is 10.2. The monoisotopic (exact) mass is 356 g/mol. The van der Waals surface area contributed by atoms with Gasteiger partial charge in [0.05, 0.1) is 24.8 Å². The fourth-order valence-corrected chi connectivity index (χ4v) is 3.36. The summed E-state index contributed by atoms with van der Waals surface area (Å²) in [5, 5.41) is 16.6. The van der Waals surface area contributed by atoms with Crippen molar-refractivity contribution >= 4 is 24.2 Å². The molecular weight excluding hydrogens is 332 g/mol. The molecule has 1 heterocycles. The van der Waals surface area contributed by atoms with Crippen LogP contribution in [-0.2, 0) is 6.42 Å². The molecule has 0 aliphatic heterocycles. The van der Waals surface area contributed by atoms with Gasteiger partial charge in [0, 0.05) is 4.90 Å². The number of hydrogen-bond donors (Lipinski definition) is 2. The van der Waals surface area contributed by atoms with Gasteiger partial charge in [-0.3, -0.25) is 15.4 Å². The predicted octanol–water partition coefficient (Wildman–Crippen LogP) is 4.35. The summed E-state index contributed by atoms with van der Waals surface area (Å²) < 4.78 is 6.79. The van der Waals surface area contributed by atoms with E-state index in [2.05, 4.69) is 11.1 Å². The molecule has 6 heteroatoms. The van der Waals surface area contributed by atoms with Gasteiger partial charge in [0.25, 0.3) is 0 Å². The lowest BCUT2D eigenvalue weighted by Crippen LogP contribution is -2.27. The predicted molar refractivity (Wildman–Crippen MR) is 103 cm³/mol. The number of allylic oxidation sites excluding steroid dienone is 1. The molecule has 5 nitrogen and oxygen atoms in total. The van der Waals surface area contributed by atoms with E-state index in [-0.39, 0.29) is 5.49 Å². The van der Waals surface area contributed by atoms with Gasteiger partial charge in [-0.15, -0.1) is 0 Å². The van der Waals surface area contributed by atoms with Crippen LogP contribution >= 0.6 is 11.8 Å². The number of methoxy groups -OCH3 is 1. The van der Waals surface area contributed by atoms with E-state index < -0.39 is 0 Å². The van der Waals surface area contributed by atoms with E-state index in [0.717, 1.165) is 41.3 Å². The molecule has 3 rings (SSSR count). The Morgan fingerprint density at radius 1 is 1.24 bits per heavy atom. The second kappa shape index (κ2) is 9.22. The van der Waals surface area contributed by atoms with E-state index >= 15 is 0 Å². The number of rotatable bonds is 4. The largest absolute Gasteiger partial charge is 0.497 e. The number of hydrogen-bond acceptors (Lipinski definition) is 5. The van der Waals surface area contributed by atoms with Crippen molar-refractivity contribution in [1.82, 2.24) is 9.55 Å². The zero-order chi connectivity index (χ0) is 18.2. The van der Waals surface area contributed by atoms with Crippen LogP contribution in [0.2, 0.25) is 0 Å². The molecular formula is C19H24N4OS.